The lowest BCUT2D eigenvalue weighted by molar-refractivity contribution is 0.418. The Morgan fingerprint density at radius 3 is 3.00 bits per heavy atom. The zero-order valence-corrected chi connectivity index (χ0v) is 11.6. The molecule has 0 bridgehead atoms. The van der Waals surface area contributed by atoms with Gasteiger partial charge in [0, 0.05) is 18.3 Å². The Labute approximate surface area is 117 Å². The minimum absolute atomic E-state index is 0.555. The molecule has 2 aromatic rings. The third kappa shape index (κ3) is 2.92. The van der Waals surface area contributed by atoms with Crippen LogP contribution in [0.5, 0.6) is 0 Å². The van der Waals surface area contributed by atoms with Gasteiger partial charge in [0.15, 0.2) is 0 Å². The molecule has 0 atom stereocenters. The lowest BCUT2D eigenvalue weighted by Gasteiger charge is -2.22. The standard InChI is InChI=1S/C14H18N4S/c15-14-7-12(1-4-17-14)13-8-16-10-18(13)9-11-2-5-19-6-3-11/h1,4,7-8,10-11H,2-3,5-6,9H2,(H2,15,17). The molecule has 3 heterocycles. The maximum absolute atomic E-state index is 5.76. The van der Waals surface area contributed by atoms with Crippen molar-refractivity contribution < 1.29 is 0 Å². The van der Waals surface area contributed by atoms with E-state index < -0.39 is 0 Å². The van der Waals surface area contributed by atoms with Crippen LogP contribution in [-0.4, -0.2) is 26.0 Å². The monoisotopic (exact) mass is 274 g/mol. The number of aromatic nitrogens is 3. The van der Waals surface area contributed by atoms with Gasteiger partial charge in [-0.15, -0.1) is 0 Å². The average Bonchev–Trinajstić information content (AvgIpc) is 2.88. The molecule has 5 heteroatoms. The predicted octanol–water partition coefficient (Wildman–Crippen LogP) is 2.67. The molecule has 0 amide bonds. The molecule has 0 aromatic carbocycles. The normalized spacial score (nSPS) is 16.6. The highest BCUT2D eigenvalue weighted by molar-refractivity contribution is 7.99. The number of anilines is 1. The summed E-state index contributed by atoms with van der Waals surface area (Å²) in [5.41, 5.74) is 7.98. The molecule has 19 heavy (non-hydrogen) atoms. The van der Waals surface area contributed by atoms with Crippen molar-refractivity contribution in [2.75, 3.05) is 17.2 Å². The highest BCUT2D eigenvalue weighted by atomic mass is 32.2. The summed E-state index contributed by atoms with van der Waals surface area (Å²) in [5.74, 6) is 3.90. The van der Waals surface area contributed by atoms with Gasteiger partial charge < -0.3 is 10.3 Å². The van der Waals surface area contributed by atoms with Crippen LogP contribution < -0.4 is 5.73 Å². The molecule has 1 aliphatic heterocycles. The molecule has 1 aliphatic rings. The van der Waals surface area contributed by atoms with Crippen LogP contribution in [0.3, 0.4) is 0 Å². The fourth-order valence-electron chi connectivity index (χ4n) is 2.52. The molecular formula is C14H18N4S. The van der Waals surface area contributed by atoms with Crippen LogP contribution in [0.15, 0.2) is 30.9 Å². The van der Waals surface area contributed by atoms with E-state index in [9.17, 15) is 0 Å². The minimum atomic E-state index is 0.555. The van der Waals surface area contributed by atoms with E-state index in [0.717, 1.165) is 23.7 Å². The van der Waals surface area contributed by atoms with Gasteiger partial charge in [-0.1, -0.05) is 0 Å². The fraction of sp³-hybridized carbons (Fsp3) is 0.429. The highest BCUT2D eigenvalue weighted by Crippen LogP contribution is 2.27. The summed E-state index contributed by atoms with van der Waals surface area (Å²) in [7, 11) is 0. The predicted molar refractivity (Wildman–Crippen MR) is 79.9 cm³/mol. The first-order valence-electron chi connectivity index (χ1n) is 6.63. The molecule has 0 aliphatic carbocycles. The molecule has 0 spiro atoms. The zero-order valence-electron chi connectivity index (χ0n) is 10.8. The smallest absolute Gasteiger partial charge is 0.123 e. The number of imidazole rings is 1. The molecule has 2 aromatic heterocycles. The summed E-state index contributed by atoms with van der Waals surface area (Å²) < 4.78 is 2.25. The van der Waals surface area contributed by atoms with Crippen LogP contribution in [0.2, 0.25) is 0 Å². The van der Waals surface area contributed by atoms with E-state index in [-0.39, 0.29) is 0 Å². The van der Waals surface area contributed by atoms with Crippen molar-refractivity contribution in [3.8, 4) is 11.3 Å². The Morgan fingerprint density at radius 2 is 2.21 bits per heavy atom. The first kappa shape index (κ1) is 12.5. The zero-order chi connectivity index (χ0) is 13.1. The lowest BCUT2D eigenvalue weighted by atomic mass is 10.0. The van der Waals surface area contributed by atoms with Gasteiger partial charge in [-0.2, -0.15) is 11.8 Å². The van der Waals surface area contributed by atoms with Crippen LogP contribution in [0.4, 0.5) is 5.82 Å². The van der Waals surface area contributed by atoms with Crippen LogP contribution >= 0.6 is 11.8 Å². The fourth-order valence-corrected chi connectivity index (χ4v) is 3.73. The summed E-state index contributed by atoms with van der Waals surface area (Å²) >= 11 is 2.06. The second kappa shape index (κ2) is 5.65. The Kier molecular flexibility index (Phi) is 3.73. The Balaban J connectivity index is 1.81. The van der Waals surface area contributed by atoms with Crippen LogP contribution in [-0.2, 0) is 6.54 Å². The first-order chi connectivity index (χ1) is 9.33. The van der Waals surface area contributed by atoms with E-state index in [4.69, 9.17) is 5.73 Å². The molecule has 0 unspecified atom stereocenters. The molecule has 100 valence electrons. The van der Waals surface area contributed by atoms with E-state index in [1.165, 1.54) is 24.3 Å². The van der Waals surface area contributed by atoms with E-state index in [2.05, 4.69) is 26.3 Å². The number of nitrogen functional groups attached to an aromatic ring is 1. The summed E-state index contributed by atoms with van der Waals surface area (Å²) in [5, 5.41) is 0. The van der Waals surface area contributed by atoms with Crippen LogP contribution in [0.1, 0.15) is 12.8 Å². The average molecular weight is 274 g/mol. The number of nitrogens with two attached hydrogens (primary N) is 1. The topological polar surface area (TPSA) is 56.7 Å². The molecule has 0 radical (unpaired) electrons. The molecule has 4 nitrogen and oxygen atoms in total. The second-order valence-corrected chi connectivity index (χ2v) is 6.18. The number of hydrogen-bond acceptors (Lipinski definition) is 4. The van der Waals surface area contributed by atoms with Crippen molar-refractivity contribution in [3.63, 3.8) is 0 Å². The number of pyridine rings is 1. The Morgan fingerprint density at radius 1 is 1.37 bits per heavy atom. The van der Waals surface area contributed by atoms with Crippen molar-refractivity contribution in [1.29, 1.82) is 0 Å². The van der Waals surface area contributed by atoms with Gasteiger partial charge in [0.05, 0.1) is 18.2 Å². The van der Waals surface area contributed by atoms with Crippen LogP contribution in [0, 0.1) is 5.92 Å². The first-order valence-corrected chi connectivity index (χ1v) is 7.78. The number of nitrogens with zero attached hydrogens (tertiary/aromatic N) is 3. The van der Waals surface area contributed by atoms with Crippen molar-refractivity contribution >= 4 is 17.6 Å². The molecule has 1 saturated heterocycles. The number of hydrogen-bond donors (Lipinski definition) is 1. The maximum atomic E-state index is 5.76. The number of thioether (sulfide) groups is 1. The summed E-state index contributed by atoms with van der Waals surface area (Å²) in [4.78, 5) is 8.33. The lowest BCUT2D eigenvalue weighted by Crippen LogP contribution is -2.16. The van der Waals surface area contributed by atoms with E-state index in [1.54, 1.807) is 6.20 Å². The molecular weight excluding hydrogens is 256 g/mol. The minimum Gasteiger partial charge on any atom is -0.384 e. The second-order valence-electron chi connectivity index (χ2n) is 4.96. The third-order valence-corrected chi connectivity index (χ3v) is 4.63. The van der Waals surface area contributed by atoms with Crippen molar-refractivity contribution in [2.45, 2.75) is 19.4 Å². The third-order valence-electron chi connectivity index (χ3n) is 3.58. The van der Waals surface area contributed by atoms with Gasteiger partial charge in [-0.25, -0.2) is 9.97 Å². The Hall–Kier alpha value is -1.49. The molecule has 2 N–H and O–H groups in total. The molecule has 1 fully saturated rings. The largest absolute Gasteiger partial charge is 0.384 e. The summed E-state index contributed by atoms with van der Waals surface area (Å²) in [6.45, 7) is 1.05. The van der Waals surface area contributed by atoms with E-state index in [0.29, 0.717) is 5.82 Å². The number of rotatable bonds is 3. The molecule has 0 saturated carbocycles. The van der Waals surface area contributed by atoms with E-state index in [1.807, 2.05) is 24.7 Å². The van der Waals surface area contributed by atoms with Gasteiger partial charge >= 0.3 is 0 Å². The van der Waals surface area contributed by atoms with Crippen molar-refractivity contribution in [3.05, 3.63) is 30.9 Å². The van der Waals surface area contributed by atoms with Crippen LogP contribution in [0.25, 0.3) is 11.3 Å². The van der Waals surface area contributed by atoms with E-state index >= 15 is 0 Å². The maximum Gasteiger partial charge on any atom is 0.123 e. The highest BCUT2D eigenvalue weighted by Gasteiger charge is 2.16. The Bertz CT molecular complexity index is 546. The SMILES string of the molecule is Nc1cc(-c2cncn2CC2CCSCC2)ccn1. The van der Waals surface area contributed by atoms with Gasteiger partial charge in [0.2, 0.25) is 0 Å². The quantitative estimate of drug-likeness (QED) is 0.935. The van der Waals surface area contributed by atoms with Gasteiger partial charge in [0.25, 0.3) is 0 Å². The summed E-state index contributed by atoms with van der Waals surface area (Å²) in [6, 6.07) is 3.89. The molecule has 3 rings (SSSR count). The van der Waals surface area contributed by atoms with Crippen molar-refractivity contribution in [2.24, 2.45) is 5.92 Å². The van der Waals surface area contributed by atoms with Crippen molar-refractivity contribution in [1.82, 2.24) is 14.5 Å². The van der Waals surface area contributed by atoms with Gasteiger partial charge in [-0.05, 0) is 42.4 Å². The van der Waals surface area contributed by atoms with Gasteiger partial charge in [-0.3, -0.25) is 0 Å². The summed E-state index contributed by atoms with van der Waals surface area (Å²) in [6.07, 6.45) is 8.20. The van der Waals surface area contributed by atoms with Gasteiger partial charge in [0.1, 0.15) is 5.82 Å².